The summed E-state index contributed by atoms with van der Waals surface area (Å²) >= 11 is 0. The number of sulfonamides is 1. The Bertz CT molecular complexity index is 973. The zero-order valence-electron chi connectivity index (χ0n) is 12.3. The Hall–Kier alpha value is -1.73. The zero-order valence-corrected chi connectivity index (χ0v) is 13.9. The van der Waals surface area contributed by atoms with E-state index in [0.29, 0.717) is 5.39 Å². The molecule has 2 aromatic rings. The number of hydroxylamine groups is 1. The summed E-state index contributed by atoms with van der Waals surface area (Å²) in [6, 6.07) is 10.8. The van der Waals surface area contributed by atoms with Gasteiger partial charge >= 0.3 is 15.5 Å². The number of benzene rings is 2. The molecule has 12 heteroatoms. The molecular weight excluding hydrogens is 387 g/mol. The van der Waals surface area contributed by atoms with Gasteiger partial charge in [0.2, 0.25) is 0 Å². The summed E-state index contributed by atoms with van der Waals surface area (Å²) < 4.78 is 85.3. The van der Waals surface area contributed by atoms with E-state index in [9.17, 15) is 35.2 Å². The number of hydrogen-bond acceptors (Lipinski definition) is 6. The fraction of sp³-hybridized carbons (Fsp3) is 0.231. The summed E-state index contributed by atoms with van der Waals surface area (Å²) in [4.78, 5) is -0.276. The van der Waals surface area contributed by atoms with Gasteiger partial charge in [0.1, 0.15) is 0 Å². The van der Waals surface area contributed by atoms with Crippen LogP contribution in [0.2, 0.25) is 0 Å². The molecule has 0 spiro atoms. The molecular formula is C13H11F3NO6S2-. The summed E-state index contributed by atoms with van der Waals surface area (Å²) in [6.45, 7) is -2.39. The van der Waals surface area contributed by atoms with Gasteiger partial charge in [-0.1, -0.05) is 30.3 Å². The number of fused-ring (bicyclic) bond motifs is 1. The first kappa shape index (κ1) is 19.6. The molecule has 0 aliphatic heterocycles. The van der Waals surface area contributed by atoms with Crippen LogP contribution in [0, 0.1) is 5.21 Å². The standard InChI is InChI=1S/C13H11F3NO6S2/c14-13(15,16)25(21,22)17(18)7-8-23-24(19,20)12-6-5-10-3-1-2-4-11(10)9-12/h1-6,9H,7-8H2/q-1. The predicted octanol–water partition coefficient (Wildman–Crippen LogP) is 2.19. The largest absolute Gasteiger partial charge is 0.772 e. The zero-order chi connectivity index (χ0) is 18.9. The Morgan fingerprint density at radius 1 is 1.00 bits per heavy atom. The first-order chi connectivity index (χ1) is 11.4. The maximum absolute atomic E-state index is 12.2. The third kappa shape index (κ3) is 4.27. The van der Waals surface area contributed by atoms with E-state index in [2.05, 4.69) is 4.18 Å². The second kappa shape index (κ2) is 6.88. The van der Waals surface area contributed by atoms with Crippen molar-refractivity contribution < 1.29 is 34.2 Å². The SMILES string of the molecule is O=S(=O)(OCCN([O-])S(=O)(=O)C(F)(F)F)c1ccc2ccccc2c1. The predicted molar refractivity (Wildman–Crippen MR) is 82.1 cm³/mol. The highest BCUT2D eigenvalue weighted by Gasteiger charge is 2.46. The molecule has 0 radical (unpaired) electrons. The maximum Gasteiger partial charge on any atom is 0.510 e. The number of nitrogens with zero attached hydrogens (tertiary/aromatic N) is 1. The quantitative estimate of drug-likeness (QED) is 0.546. The Labute approximate surface area is 141 Å². The molecule has 0 aliphatic rings. The van der Waals surface area contributed by atoms with E-state index in [-0.39, 0.29) is 4.90 Å². The molecule has 25 heavy (non-hydrogen) atoms. The average Bonchev–Trinajstić information content (AvgIpc) is 2.53. The minimum absolute atomic E-state index is 0.276. The number of rotatable bonds is 6. The molecule has 0 fully saturated rings. The Morgan fingerprint density at radius 3 is 2.20 bits per heavy atom. The van der Waals surface area contributed by atoms with Crippen LogP contribution in [0.1, 0.15) is 0 Å². The summed E-state index contributed by atoms with van der Waals surface area (Å²) in [5, 5.41) is 12.4. The molecule has 0 amide bonds. The lowest BCUT2D eigenvalue weighted by atomic mass is 10.1. The fourth-order valence-electron chi connectivity index (χ4n) is 1.85. The lowest BCUT2D eigenvalue weighted by Gasteiger charge is -2.27. The van der Waals surface area contributed by atoms with Crippen molar-refractivity contribution in [1.29, 1.82) is 0 Å². The van der Waals surface area contributed by atoms with E-state index in [1.807, 2.05) is 0 Å². The minimum atomic E-state index is -6.08. The minimum Gasteiger partial charge on any atom is -0.772 e. The van der Waals surface area contributed by atoms with Crippen LogP contribution in [0.4, 0.5) is 13.2 Å². The lowest BCUT2D eigenvalue weighted by molar-refractivity contribution is -0.0478. The Kier molecular flexibility index (Phi) is 5.39. The van der Waals surface area contributed by atoms with Crippen molar-refractivity contribution in [2.45, 2.75) is 10.4 Å². The topological polar surface area (TPSA) is 104 Å². The van der Waals surface area contributed by atoms with Crippen LogP contribution in [-0.2, 0) is 24.3 Å². The molecule has 0 unspecified atom stereocenters. The van der Waals surface area contributed by atoms with E-state index in [1.54, 1.807) is 24.3 Å². The van der Waals surface area contributed by atoms with Gasteiger partial charge in [-0.3, -0.25) is 8.65 Å². The summed E-state index contributed by atoms with van der Waals surface area (Å²) in [6.07, 6.45) is 0. The van der Waals surface area contributed by atoms with Crippen molar-refractivity contribution in [1.82, 2.24) is 4.47 Å². The van der Waals surface area contributed by atoms with Crippen molar-refractivity contribution in [2.24, 2.45) is 0 Å². The van der Waals surface area contributed by atoms with Crippen LogP contribution in [0.5, 0.6) is 0 Å². The van der Waals surface area contributed by atoms with Crippen molar-refractivity contribution in [2.75, 3.05) is 13.2 Å². The molecule has 138 valence electrons. The van der Waals surface area contributed by atoms with E-state index in [0.717, 1.165) is 5.39 Å². The van der Waals surface area contributed by atoms with Gasteiger partial charge in [-0.2, -0.15) is 21.6 Å². The third-order valence-electron chi connectivity index (χ3n) is 3.08. The summed E-state index contributed by atoms with van der Waals surface area (Å²) in [5.41, 5.74) is -5.77. The van der Waals surface area contributed by atoms with Crippen LogP contribution in [0.15, 0.2) is 47.4 Å². The molecule has 0 saturated heterocycles. The molecule has 0 N–H and O–H groups in total. The first-order valence-corrected chi connectivity index (χ1v) is 9.44. The van der Waals surface area contributed by atoms with Crippen molar-refractivity contribution in [3.05, 3.63) is 47.7 Å². The van der Waals surface area contributed by atoms with Gasteiger partial charge in [-0.25, -0.2) is 8.42 Å². The molecule has 0 saturated carbocycles. The number of hydrogen-bond donors (Lipinski definition) is 0. The molecule has 7 nitrogen and oxygen atoms in total. The lowest BCUT2D eigenvalue weighted by Crippen LogP contribution is -2.38. The number of alkyl halides is 3. The molecule has 0 heterocycles. The molecule has 2 aromatic carbocycles. The van der Waals surface area contributed by atoms with Crippen molar-refractivity contribution in [3.63, 3.8) is 0 Å². The van der Waals surface area contributed by atoms with Crippen LogP contribution < -0.4 is 0 Å². The third-order valence-corrected chi connectivity index (χ3v) is 5.69. The molecule has 0 aliphatic carbocycles. The van der Waals surface area contributed by atoms with Crippen LogP contribution >= 0.6 is 0 Å². The molecule has 0 aromatic heterocycles. The van der Waals surface area contributed by atoms with Crippen LogP contribution in [0.3, 0.4) is 0 Å². The van der Waals surface area contributed by atoms with Gasteiger partial charge in [-0.05, 0) is 22.9 Å². The average molecular weight is 398 g/mol. The molecule has 0 atom stereocenters. The van der Waals surface area contributed by atoms with E-state index >= 15 is 0 Å². The van der Waals surface area contributed by atoms with E-state index in [1.165, 1.54) is 18.2 Å². The second-order valence-electron chi connectivity index (χ2n) is 4.76. The molecule has 0 bridgehead atoms. The highest BCUT2D eigenvalue weighted by atomic mass is 32.2. The van der Waals surface area contributed by atoms with Gasteiger partial charge in [0.25, 0.3) is 10.1 Å². The van der Waals surface area contributed by atoms with E-state index < -0.39 is 43.3 Å². The van der Waals surface area contributed by atoms with Gasteiger partial charge in [0, 0.05) is 6.54 Å². The first-order valence-electron chi connectivity index (χ1n) is 6.59. The summed E-state index contributed by atoms with van der Waals surface area (Å²) in [7, 11) is -10.5. The smallest absolute Gasteiger partial charge is 0.510 e. The molecule has 2 rings (SSSR count). The van der Waals surface area contributed by atoms with Gasteiger partial charge in [0.15, 0.2) is 0 Å². The fourth-order valence-corrected chi connectivity index (χ4v) is 3.33. The van der Waals surface area contributed by atoms with Crippen LogP contribution in [0.25, 0.3) is 10.8 Å². The van der Waals surface area contributed by atoms with Gasteiger partial charge < -0.3 is 5.21 Å². The van der Waals surface area contributed by atoms with Gasteiger partial charge in [-0.15, -0.1) is 0 Å². The maximum atomic E-state index is 12.2. The monoisotopic (exact) mass is 398 g/mol. The number of halogens is 3. The van der Waals surface area contributed by atoms with Crippen molar-refractivity contribution >= 4 is 30.9 Å². The van der Waals surface area contributed by atoms with E-state index in [4.69, 9.17) is 0 Å². The van der Waals surface area contributed by atoms with Crippen LogP contribution in [-0.4, -0.2) is 40.0 Å². The highest BCUT2D eigenvalue weighted by molar-refractivity contribution is 7.90. The van der Waals surface area contributed by atoms with Gasteiger partial charge in [0.05, 0.1) is 11.5 Å². The Balaban J connectivity index is 2.09. The summed E-state index contributed by atoms with van der Waals surface area (Å²) in [5.74, 6) is 0. The normalized spacial score (nSPS) is 13.5. The second-order valence-corrected chi connectivity index (χ2v) is 8.20. The Morgan fingerprint density at radius 2 is 1.60 bits per heavy atom. The highest BCUT2D eigenvalue weighted by Crippen LogP contribution is 2.26. The van der Waals surface area contributed by atoms with Crippen molar-refractivity contribution in [3.8, 4) is 0 Å².